The topological polar surface area (TPSA) is 99.1 Å². The molecular formula is C35H50ClN3O4. The number of hydrogen-bond donors (Lipinski definition) is 2. The molecule has 43 heavy (non-hydrogen) atoms. The lowest BCUT2D eigenvalue weighted by Crippen LogP contribution is -2.55. The summed E-state index contributed by atoms with van der Waals surface area (Å²) in [5.41, 5.74) is 2.65. The Morgan fingerprint density at radius 2 is 1.86 bits per heavy atom. The quantitative estimate of drug-likeness (QED) is 0.138. The van der Waals surface area contributed by atoms with Crippen molar-refractivity contribution in [2.45, 2.75) is 97.7 Å². The zero-order chi connectivity index (χ0) is 32.2. The minimum absolute atomic E-state index is 0.0139. The molecule has 0 aromatic heterocycles. The number of halogens is 1. The van der Waals surface area contributed by atoms with Gasteiger partial charge in [-0.2, -0.15) is 0 Å². The first kappa shape index (κ1) is 36.2. The van der Waals surface area contributed by atoms with Gasteiger partial charge >= 0.3 is 5.97 Å². The average Bonchev–Trinajstić information content (AvgIpc) is 3.26. The van der Waals surface area contributed by atoms with E-state index in [0.717, 1.165) is 62.4 Å². The van der Waals surface area contributed by atoms with E-state index in [1.807, 2.05) is 30.3 Å². The van der Waals surface area contributed by atoms with Gasteiger partial charge in [-0.25, -0.2) is 0 Å². The molecule has 0 bridgehead atoms. The van der Waals surface area contributed by atoms with E-state index in [1.54, 1.807) is 19.2 Å². The van der Waals surface area contributed by atoms with Crippen LogP contribution in [0.1, 0.15) is 91.5 Å². The van der Waals surface area contributed by atoms with Crippen molar-refractivity contribution in [2.75, 3.05) is 13.6 Å². The summed E-state index contributed by atoms with van der Waals surface area (Å²) in [5, 5.41) is 11.4. The van der Waals surface area contributed by atoms with Crippen LogP contribution in [0.3, 0.4) is 0 Å². The number of carbonyl (C=O) groups is 3. The number of nitrogens with one attached hydrogen (secondary N) is 1. The van der Waals surface area contributed by atoms with E-state index in [4.69, 9.17) is 21.7 Å². The molecule has 236 valence electrons. The molecule has 2 aliphatic rings. The van der Waals surface area contributed by atoms with Gasteiger partial charge in [0.25, 0.3) is 5.91 Å². The molecule has 1 fully saturated rings. The molecular weight excluding hydrogens is 562 g/mol. The molecule has 0 radical (unpaired) electrons. The summed E-state index contributed by atoms with van der Waals surface area (Å²) in [7, 11) is 1.73. The molecule has 2 N–H and O–H groups in total. The van der Waals surface area contributed by atoms with E-state index < -0.39 is 11.6 Å². The zero-order valence-electron chi connectivity index (χ0n) is 26.8. The number of nitrogens with zero attached hydrogens (tertiary/aromatic N) is 2. The van der Waals surface area contributed by atoms with Gasteiger partial charge < -0.3 is 15.3 Å². The number of carboxylic acids is 1. The summed E-state index contributed by atoms with van der Waals surface area (Å²) in [6.07, 6.45) is 13.0. The Bertz CT molecular complexity index is 1200. The number of rotatable bonds is 13. The van der Waals surface area contributed by atoms with Crippen LogP contribution in [0.15, 0.2) is 65.2 Å². The molecule has 1 heterocycles. The molecule has 7 nitrogen and oxygen atoms in total. The van der Waals surface area contributed by atoms with Gasteiger partial charge in [-0.1, -0.05) is 94.7 Å². The van der Waals surface area contributed by atoms with E-state index in [1.165, 1.54) is 0 Å². The second kappa shape index (κ2) is 16.7. The Balaban J connectivity index is 0.000000821. The second-order valence-electron chi connectivity index (χ2n) is 12.2. The molecule has 1 atom stereocenters. The number of aliphatic carboxylic acids is 1. The first-order valence-electron chi connectivity index (χ1n) is 15.4. The molecule has 1 amide bonds. The Labute approximate surface area is 263 Å². The van der Waals surface area contributed by atoms with Crippen molar-refractivity contribution < 1.29 is 19.5 Å². The standard InChI is InChI=1S/C31H41ClN2O2.C4H9NO2/c1-7-10-27(22(4)11-12-23(8-2)21-35)34-29(36)28(24-13-15-26(32)16-14-24)33-31(34)19-17-25(18-20-31)30(5,6)9-3;1-5-3-2-4(6)7/h8,11-16,21,25,27H,2,7,9-10,17-20H2,1,3-6H3;5H,2-3H2,1H3,(H,6,7)/b22-11+,23-12+;. The van der Waals surface area contributed by atoms with Crippen LogP contribution in [0.5, 0.6) is 0 Å². The average molecular weight is 612 g/mol. The third kappa shape index (κ3) is 9.48. The van der Waals surface area contributed by atoms with Crippen molar-refractivity contribution in [3.05, 3.63) is 70.8 Å². The maximum absolute atomic E-state index is 14.1. The van der Waals surface area contributed by atoms with Gasteiger partial charge in [-0.05, 0) is 69.5 Å². The van der Waals surface area contributed by atoms with Gasteiger partial charge in [0.05, 0.1) is 12.5 Å². The molecule has 1 aliphatic heterocycles. The maximum atomic E-state index is 14.1. The fourth-order valence-electron chi connectivity index (χ4n) is 5.90. The van der Waals surface area contributed by atoms with Gasteiger partial charge in [0.15, 0.2) is 0 Å². The Morgan fingerprint density at radius 1 is 1.23 bits per heavy atom. The molecule has 3 rings (SSSR count). The highest BCUT2D eigenvalue weighted by atomic mass is 35.5. The second-order valence-corrected chi connectivity index (χ2v) is 12.6. The fraction of sp³-hybridized carbons (Fsp3) is 0.543. The molecule has 1 spiro atoms. The minimum Gasteiger partial charge on any atom is -0.481 e. The lowest BCUT2D eigenvalue weighted by molar-refractivity contribution is -0.137. The van der Waals surface area contributed by atoms with Crippen molar-refractivity contribution in [1.82, 2.24) is 10.2 Å². The van der Waals surface area contributed by atoms with Gasteiger partial charge in [-0.3, -0.25) is 19.4 Å². The number of allylic oxidation sites excluding steroid dienone is 4. The highest BCUT2D eigenvalue weighted by Gasteiger charge is 2.52. The molecule has 8 heteroatoms. The number of benzene rings is 1. The monoisotopic (exact) mass is 611 g/mol. The van der Waals surface area contributed by atoms with Crippen LogP contribution in [0, 0.1) is 11.3 Å². The summed E-state index contributed by atoms with van der Waals surface area (Å²) < 4.78 is 0. The van der Waals surface area contributed by atoms with Crippen LogP contribution >= 0.6 is 11.6 Å². The lowest BCUT2D eigenvalue weighted by Gasteiger charge is -2.48. The molecule has 1 saturated carbocycles. The largest absolute Gasteiger partial charge is 0.481 e. The van der Waals surface area contributed by atoms with Crippen LogP contribution < -0.4 is 5.32 Å². The van der Waals surface area contributed by atoms with Crippen molar-refractivity contribution in [3.63, 3.8) is 0 Å². The van der Waals surface area contributed by atoms with Crippen molar-refractivity contribution >= 4 is 35.5 Å². The predicted octanol–water partition coefficient (Wildman–Crippen LogP) is 7.40. The zero-order valence-corrected chi connectivity index (χ0v) is 27.5. The third-order valence-electron chi connectivity index (χ3n) is 9.01. The molecule has 0 saturated heterocycles. The smallest absolute Gasteiger partial charge is 0.304 e. The van der Waals surface area contributed by atoms with E-state index in [0.29, 0.717) is 28.8 Å². The predicted molar refractivity (Wildman–Crippen MR) is 177 cm³/mol. The van der Waals surface area contributed by atoms with E-state index in [-0.39, 0.29) is 23.8 Å². The first-order valence-corrected chi connectivity index (χ1v) is 15.8. The van der Waals surface area contributed by atoms with Crippen LogP contribution in [0.2, 0.25) is 5.02 Å². The molecule has 1 aromatic carbocycles. The Kier molecular flexibility index (Phi) is 14.1. The highest BCUT2D eigenvalue weighted by molar-refractivity contribution is 6.47. The summed E-state index contributed by atoms with van der Waals surface area (Å²) in [6.45, 7) is 15.4. The first-order chi connectivity index (χ1) is 20.4. The normalized spacial score (nSPS) is 21.7. The summed E-state index contributed by atoms with van der Waals surface area (Å²) >= 11 is 6.14. The van der Waals surface area contributed by atoms with Crippen LogP contribution in [-0.2, 0) is 14.4 Å². The van der Waals surface area contributed by atoms with Gasteiger partial charge in [0.1, 0.15) is 17.7 Å². The van der Waals surface area contributed by atoms with E-state index >= 15 is 0 Å². The van der Waals surface area contributed by atoms with Crippen molar-refractivity contribution in [3.8, 4) is 0 Å². The fourth-order valence-corrected chi connectivity index (χ4v) is 6.03. The van der Waals surface area contributed by atoms with Crippen molar-refractivity contribution in [1.29, 1.82) is 0 Å². The van der Waals surface area contributed by atoms with E-state index in [2.05, 4.69) is 51.4 Å². The summed E-state index contributed by atoms with van der Waals surface area (Å²) in [6, 6.07) is 7.32. The van der Waals surface area contributed by atoms with Gasteiger partial charge in [0.2, 0.25) is 0 Å². The Morgan fingerprint density at radius 3 is 2.33 bits per heavy atom. The molecule has 1 aliphatic carbocycles. The number of amides is 1. The summed E-state index contributed by atoms with van der Waals surface area (Å²) in [5.74, 6) is -0.152. The third-order valence-corrected chi connectivity index (χ3v) is 9.26. The number of aldehydes is 1. The Hall–Kier alpha value is -3.03. The number of carboxylic acid groups (broad SMARTS) is 1. The number of hydrogen-bond acceptors (Lipinski definition) is 5. The SMILES string of the molecule is C=C/C(C=O)=C\C=C(/C)C(CCC)N1C(=O)C(c2ccc(Cl)cc2)=NC12CCC(C(C)(C)CC)CC2.CNCCC(=O)O. The van der Waals surface area contributed by atoms with Crippen LogP contribution in [-0.4, -0.2) is 59.2 Å². The van der Waals surface area contributed by atoms with Crippen LogP contribution in [0.4, 0.5) is 0 Å². The number of aliphatic imine (C=N–C) groups is 1. The molecule has 1 aromatic rings. The van der Waals surface area contributed by atoms with Gasteiger partial charge in [-0.15, -0.1) is 0 Å². The maximum Gasteiger partial charge on any atom is 0.304 e. The molecule has 1 unspecified atom stereocenters. The van der Waals surface area contributed by atoms with Gasteiger partial charge in [0, 0.05) is 22.7 Å². The highest BCUT2D eigenvalue weighted by Crippen LogP contribution is 2.49. The summed E-state index contributed by atoms with van der Waals surface area (Å²) in [4.78, 5) is 42.4. The minimum atomic E-state index is -0.755. The van der Waals surface area contributed by atoms with Crippen molar-refractivity contribution in [2.24, 2.45) is 16.3 Å². The van der Waals surface area contributed by atoms with Crippen LogP contribution in [0.25, 0.3) is 0 Å². The lowest BCUT2D eigenvalue weighted by atomic mass is 9.67. The van der Waals surface area contributed by atoms with E-state index in [9.17, 15) is 14.4 Å². The number of carbonyl (C=O) groups excluding carboxylic acids is 2.